The first-order chi connectivity index (χ1) is 6.09. The molecule has 0 saturated carbocycles. The van der Waals surface area contributed by atoms with Crippen molar-refractivity contribution < 1.29 is 4.79 Å². The van der Waals surface area contributed by atoms with Crippen molar-refractivity contribution in [2.24, 2.45) is 5.73 Å². The Morgan fingerprint density at radius 3 is 2.85 bits per heavy atom. The molecule has 0 aliphatic heterocycles. The number of carbonyl (C=O) groups excluding carboxylic acids is 1. The Balaban J connectivity index is 2.54. The van der Waals surface area contributed by atoms with Crippen LogP contribution in [0.4, 0.5) is 0 Å². The summed E-state index contributed by atoms with van der Waals surface area (Å²) in [5, 5.41) is 2.83. The molecule has 1 unspecified atom stereocenters. The monoisotopic (exact) mass is 180 g/mol. The summed E-state index contributed by atoms with van der Waals surface area (Å²) in [4.78, 5) is 11.4. The van der Waals surface area contributed by atoms with Crippen LogP contribution >= 0.6 is 0 Å². The molecular weight excluding hydrogens is 164 g/mol. The van der Waals surface area contributed by atoms with Gasteiger partial charge in [-0.2, -0.15) is 0 Å². The lowest BCUT2D eigenvalue weighted by Crippen LogP contribution is -2.32. The maximum atomic E-state index is 11.4. The molecule has 0 aromatic carbocycles. The largest absolute Gasteiger partial charge is 0.350 e. The molecule has 1 amide bonds. The molecular formula is C10H16N2O. The predicted molar refractivity (Wildman–Crippen MR) is 53.1 cm³/mol. The van der Waals surface area contributed by atoms with E-state index in [2.05, 4.69) is 5.32 Å². The van der Waals surface area contributed by atoms with Crippen molar-refractivity contribution >= 4 is 5.91 Å². The summed E-state index contributed by atoms with van der Waals surface area (Å²) in [7, 11) is 0. The van der Waals surface area contributed by atoms with Gasteiger partial charge in [-0.05, 0) is 20.3 Å². The minimum Gasteiger partial charge on any atom is -0.350 e. The van der Waals surface area contributed by atoms with E-state index in [9.17, 15) is 4.79 Å². The third-order valence-corrected chi connectivity index (χ3v) is 1.81. The van der Waals surface area contributed by atoms with Crippen LogP contribution in [0.25, 0.3) is 0 Å². The second kappa shape index (κ2) is 4.23. The van der Waals surface area contributed by atoms with Gasteiger partial charge in [-0.3, -0.25) is 4.79 Å². The molecule has 0 spiro atoms. The van der Waals surface area contributed by atoms with Crippen LogP contribution in [0.1, 0.15) is 20.3 Å². The molecule has 1 rings (SSSR count). The molecule has 1 aliphatic carbocycles. The highest BCUT2D eigenvalue weighted by Crippen LogP contribution is 2.09. The Kier molecular flexibility index (Phi) is 3.25. The van der Waals surface area contributed by atoms with Gasteiger partial charge in [0.05, 0.1) is 0 Å². The van der Waals surface area contributed by atoms with Gasteiger partial charge >= 0.3 is 0 Å². The lowest BCUT2D eigenvalue weighted by molar-refractivity contribution is -0.117. The van der Waals surface area contributed by atoms with E-state index in [1.807, 2.05) is 26.0 Å². The predicted octanol–water partition coefficient (Wildman–Crippen LogP) is 0.725. The van der Waals surface area contributed by atoms with Crippen molar-refractivity contribution in [3.63, 3.8) is 0 Å². The first-order valence-corrected chi connectivity index (χ1v) is 4.54. The van der Waals surface area contributed by atoms with Gasteiger partial charge in [0.15, 0.2) is 0 Å². The van der Waals surface area contributed by atoms with Crippen molar-refractivity contribution in [1.82, 2.24) is 5.32 Å². The highest BCUT2D eigenvalue weighted by Gasteiger charge is 2.11. The van der Waals surface area contributed by atoms with Crippen LogP contribution in [0.3, 0.4) is 0 Å². The molecule has 0 radical (unpaired) electrons. The Hall–Kier alpha value is -1.09. The summed E-state index contributed by atoms with van der Waals surface area (Å²) in [5.41, 5.74) is 6.35. The van der Waals surface area contributed by atoms with Crippen LogP contribution in [0.5, 0.6) is 0 Å². The van der Waals surface area contributed by atoms with Crippen molar-refractivity contribution in [3.05, 3.63) is 23.8 Å². The molecule has 3 nitrogen and oxygen atoms in total. The summed E-state index contributed by atoms with van der Waals surface area (Å²) < 4.78 is 0. The van der Waals surface area contributed by atoms with Gasteiger partial charge in [-0.15, -0.1) is 0 Å². The van der Waals surface area contributed by atoms with E-state index in [0.29, 0.717) is 0 Å². The number of nitrogens with two attached hydrogens (primary N) is 1. The maximum absolute atomic E-state index is 11.4. The second-order valence-electron chi connectivity index (χ2n) is 3.55. The quantitative estimate of drug-likeness (QED) is 0.658. The number of hydrogen-bond acceptors (Lipinski definition) is 2. The van der Waals surface area contributed by atoms with Gasteiger partial charge in [-0.1, -0.05) is 18.2 Å². The maximum Gasteiger partial charge on any atom is 0.251 e. The van der Waals surface area contributed by atoms with Gasteiger partial charge in [-0.25, -0.2) is 0 Å². The van der Waals surface area contributed by atoms with E-state index >= 15 is 0 Å². The average molecular weight is 180 g/mol. The summed E-state index contributed by atoms with van der Waals surface area (Å²) in [6.07, 6.45) is 6.26. The summed E-state index contributed by atoms with van der Waals surface area (Å²) in [6, 6.07) is 0.244. The molecule has 1 aliphatic rings. The summed E-state index contributed by atoms with van der Waals surface area (Å²) in [6.45, 7) is 3.88. The minimum atomic E-state index is -0.0156. The van der Waals surface area contributed by atoms with E-state index in [1.165, 1.54) is 0 Å². The Bertz CT molecular complexity index is 254. The van der Waals surface area contributed by atoms with Crippen LogP contribution < -0.4 is 11.1 Å². The normalized spacial score (nSPS) is 21.5. The van der Waals surface area contributed by atoms with Gasteiger partial charge in [0.25, 0.3) is 5.91 Å². The van der Waals surface area contributed by atoms with Gasteiger partial charge in [0.1, 0.15) is 0 Å². The van der Waals surface area contributed by atoms with Crippen LogP contribution in [0.15, 0.2) is 23.8 Å². The number of rotatable bonds is 2. The van der Waals surface area contributed by atoms with Gasteiger partial charge < -0.3 is 11.1 Å². The number of carbonyl (C=O) groups is 1. The minimum absolute atomic E-state index is 0.0156. The zero-order chi connectivity index (χ0) is 9.84. The molecule has 0 aromatic heterocycles. The topological polar surface area (TPSA) is 55.1 Å². The van der Waals surface area contributed by atoms with Gasteiger partial charge in [0, 0.05) is 17.7 Å². The zero-order valence-electron chi connectivity index (χ0n) is 8.08. The highest BCUT2D eigenvalue weighted by atomic mass is 16.1. The molecule has 3 heteroatoms. The zero-order valence-corrected chi connectivity index (χ0v) is 8.08. The first kappa shape index (κ1) is 9.99. The standard InChI is InChI=1S/C10H16N2O/c1-7(2)12-10(13)8-3-5-9(11)6-4-8/h3-5,7,9H,6,11H2,1-2H3,(H,12,13). The fourth-order valence-electron chi connectivity index (χ4n) is 1.15. The second-order valence-corrected chi connectivity index (χ2v) is 3.55. The summed E-state index contributed by atoms with van der Waals surface area (Å²) >= 11 is 0. The van der Waals surface area contributed by atoms with Crippen molar-refractivity contribution in [1.29, 1.82) is 0 Å². The molecule has 3 N–H and O–H groups in total. The number of hydrogen-bond donors (Lipinski definition) is 2. The molecule has 72 valence electrons. The van der Waals surface area contributed by atoms with E-state index in [-0.39, 0.29) is 18.0 Å². The van der Waals surface area contributed by atoms with Crippen LogP contribution in [0.2, 0.25) is 0 Å². The van der Waals surface area contributed by atoms with E-state index in [1.54, 1.807) is 6.08 Å². The third-order valence-electron chi connectivity index (χ3n) is 1.81. The fraction of sp³-hybridized carbons (Fsp3) is 0.500. The number of amides is 1. The lowest BCUT2D eigenvalue weighted by Gasteiger charge is -2.13. The van der Waals surface area contributed by atoms with Crippen molar-refractivity contribution in [2.75, 3.05) is 0 Å². The van der Waals surface area contributed by atoms with Crippen molar-refractivity contribution in [2.45, 2.75) is 32.4 Å². The van der Waals surface area contributed by atoms with E-state index in [0.717, 1.165) is 12.0 Å². The molecule has 0 fully saturated rings. The summed E-state index contributed by atoms with van der Waals surface area (Å²) in [5.74, 6) is -0.0156. The highest BCUT2D eigenvalue weighted by molar-refractivity contribution is 5.96. The fourth-order valence-corrected chi connectivity index (χ4v) is 1.15. The Morgan fingerprint density at radius 2 is 2.38 bits per heavy atom. The smallest absolute Gasteiger partial charge is 0.251 e. The van der Waals surface area contributed by atoms with Crippen LogP contribution in [0, 0.1) is 0 Å². The van der Waals surface area contributed by atoms with E-state index in [4.69, 9.17) is 5.73 Å². The average Bonchev–Trinajstić information content (AvgIpc) is 2.04. The lowest BCUT2D eigenvalue weighted by atomic mass is 10.0. The third kappa shape index (κ3) is 3.03. The molecule has 0 saturated heterocycles. The molecule has 0 aromatic rings. The molecule has 13 heavy (non-hydrogen) atoms. The first-order valence-electron chi connectivity index (χ1n) is 4.54. The molecule has 0 heterocycles. The van der Waals surface area contributed by atoms with Crippen molar-refractivity contribution in [3.8, 4) is 0 Å². The SMILES string of the molecule is CC(C)NC(=O)C1=CCC(N)C=C1. The molecule has 0 bridgehead atoms. The van der Waals surface area contributed by atoms with Crippen LogP contribution in [-0.4, -0.2) is 18.0 Å². The van der Waals surface area contributed by atoms with Crippen LogP contribution in [-0.2, 0) is 4.79 Å². The molecule has 1 atom stereocenters. The Morgan fingerprint density at radius 1 is 1.69 bits per heavy atom. The Labute approximate surface area is 78.7 Å². The van der Waals surface area contributed by atoms with E-state index < -0.39 is 0 Å². The number of nitrogens with one attached hydrogen (secondary N) is 1. The van der Waals surface area contributed by atoms with Gasteiger partial charge in [0.2, 0.25) is 0 Å².